The first-order chi connectivity index (χ1) is 22.7. The molecule has 2 aromatic heterocycles. The number of amides is 3. The van der Waals surface area contributed by atoms with Crippen molar-refractivity contribution < 1.29 is 28.6 Å². The lowest BCUT2D eigenvalue weighted by molar-refractivity contribution is -0.149. The van der Waals surface area contributed by atoms with Gasteiger partial charge in [0.2, 0.25) is 5.91 Å². The van der Waals surface area contributed by atoms with Gasteiger partial charge in [0.25, 0.3) is 0 Å². The van der Waals surface area contributed by atoms with Crippen LogP contribution in [0.1, 0.15) is 70.9 Å². The van der Waals surface area contributed by atoms with E-state index < -0.39 is 23.7 Å². The molecule has 12 heteroatoms. The number of nitrogens with one attached hydrogen (secondary N) is 2. The highest BCUT2D eigenvalue weighted by Crippen LogP contribution is 2.46. The third kappa shape index (κ3) is 6.93. The van der Waals surface area contributed by atoms with Gasteiger partial charge in [-0.2, -0.15) is 0 Å². The Hall–Kier alpha value is -4.19. The van der Waals surface area contributed by atoms with Gasteiger partial charge in [0.15, 0.2) is 0 Å². The van der Waals surface area contributed by atoms with Crippen LogP contribution in [0.3, 0.4) is 0 Å². The summed E-state index contributed by atoms with van der Waals surface area (Å²) in [5.41, 5.74) is 1.23. The number of hydrogen-bond donors (Lipinski definition) is 2. The molecule has 3 aliphatic rings. The van der Waals surface area contributed by atoms with Crippen molar-refractivity contribution in [2.75, 3.05) is 26.8 Å². The molecule has 1 saturated carbocycles. The van der Waals surface area contributed by atoms with Gasteiger partial charge in [0.1, 0.15) is 39.9 Å². The van der Waals surface area contributed by atoms with E-state index in [2.05, 4.69) is 30.6 Å². The number of esters is 1. The maximum absolute atomic E-state index is 14.0. The average molecular weight is 662 g/mol. The van der Waals surface area contributed by atoms with Gasteiger partial charge in [-0.05, 0) is 50.7 Å². The van der Waals surface area contributed by atoms with E-state index in [0.29, 0.717) is 35.7 Å². The fraction of sp³-hybridized carbons (Fsp3) is 0.514. The molecule has 0 radical (unpaired) electrons. The second-order valence-corrected chi connectivity index (χ2v) is 13.6. The minimum absolute atomic E-state index is 0.146. The van der Waals surface area contributed by atoms with Crippen LogP contribution >= 0.6 is 11.3 Å². The quantitative estimate of drug-likeness (QED) is 0.248. The maximum atomic E-state index is 14.0. The highest BCUT2D eigenvalue weighted by atomic mass is 32.1. The van der Waals surface area contributed by atoms with Crippen molar-refractivity contribution in [1.29, 1.82) is 0 Å². The van der Waals surface area contributed by atoms with E-state index in [1.165, 1.54) is 16.2 Å². The first kappa shape index (κ1) is 32.7. The second kappa shape index (κ2) is 13.9. The van der Waals surface area contributed by atoms with Crippen molar-refractivity contribution in [1.82, 2.24) is 25.5 Å². The minimum Gasteiger partial charge on any atom is -0.497 e. The zero-order valence-corrected chi connectivity index (χ0v) is 28.2. The normalized spacial score (nSPS) is 24.9. The predicted molar refractivity (Wildman–Crippen MR) is 180 cm³/mol. The number of thiazole rings is 1. The Morgan fingerprint density at radius 1 is 1.17 bits per heavy atom. The van der Waals surface area contributed by atoms with E-state index in [-0.39, 0.29) is 43.3 Å². The van der Waals surface area contributed by atoms with Crippen molar-refractivity contribution in [3.8, 4) is 22.2 Å². The van der Waals surface area contributed by atoms with Crippen molar-refractivity contribution >= 4 is 40.1 Å². The summed E-state index contributed by atoms with van der Waals surface area (Å²) in [4.78, 5) is 51.8. The number of fused-ring (bicyclic) bond motifs is 3. The number of pyridine rings is 1. The van der Waals surface area contributed by atoms with Crippen LogP contribution in [0.25, 0.3) is 21.6 Å². The molecule has 4 atom stereocenters. The Morgan fingerprint density at radius 3 is 2.79 bits per heavy atom. The summed E-state index contributed by atoms with van der Waals surface area (Å²) >= 11 is 1.53. The predicted octanol–water partition coefficient (Wildman–Crippen LogP) is 5.59. The van der Waals surface area contributed by atoms with Gasteiger partial charge in [0.05, 0.1) is 31.5 Å². The highest BCUT2D eigenvalue weighted by molar-refractivity contribution is 7.13. The molecule has 3 aromatic rings. The van der Waals surface area contributed by atoms with E-state index in [9.17, 15) is 14.4 Å². The van der Waals surface area contributed by atoms with Gasteiger partial charge in [-0.3, -0.25) is 4.79 Å². The van der Waals surface area contributed by atoms with Gasteiger partial charge in [-0.15, -0.1) is 11.3 Å². The maximum Gasteiger partial charge on any atom is 0.332 e. The Labute approximate surface area is 279 Å². The van der Waals surface area contributed by atoms with Crippen molar-refractivity contribution in [2.45, 2.75) is 82.9 Å². The molecular weight excluding hydrogens is 618 g/mol. The van der Waals surface area contributed by atoms with Gasteiger partial charge < -0.3 is 29.7 Å². The molecule has 2 aliphatic heterocycles. The molecule has 0 unspecified atom stereocenters. The third-order valence-electron chi connectivity index (χ3n) is 9.12. The van der Waals surface area contributed by atoms with Gasteiger partial charge in [-0.25, -0.2) is 19.6 Å². The molecule has 3 amide bonds. The summed E-state index contributed by atoms with van der Waals surface area (Å²) in [6.45, 7) is 6.89. The van der Waals surface area contributed by atoms with Crippen LogP contribution in [-0.2, 0) is 14.3 Å². The number of nitrogens with zero attached hydrogens (tertiary/aromatic N) is 3. The Kier molecular flexibility index (Phi) is 9.67. The van der Waals surface area contributed by atoms with Gasteiger partial charge >= 0.3 is 12.0 Å². The number of allylic oxidation sites excluding steroid dienone is 1. The molecular formula is C35H43N5O6S. The lowest BCUT2D eigenvalue weighted by Gasteiger charge is -2.26. The SMILES string of the molecule is CCOC(=O)[C@@]12C[C@@H]1C=CCCCCCNC(=O)N1C[C@H](Oc3cc(-c4nc(C(C)C)cs4)nc4cc(OC)ccc34)C[C@H]1C(=O)N2. The third-order valence-corrected chi connectivity index (χ3v) is 10.0. The topological polar surface area (TPSA) is 132 Å². The number of methoxy groups -OCH3 is 1. The summed E-state index contributed by atoms with van der Waals surface area (Å²) in [7, 11) is 1.61. The standard InChI is InChI=1S/C35H43N5O6S/c1-5-45-33(42)35-18-22(35)11-9-7-6-8-10-14-36-34(43)40-19-24(16-29(40)31(41)39-35)46-30-17-27(32-38-28(20-47-32)21(2)3)37-26-15-23(44-4)12-13-25(26)30/h9,11-13,15,17,20-22,24,29H,5-8,10,14,16,18-19H2,1-4H3,(H,36,43)(H,39,41)/t22-,24+,29-,35+/m0/s1. The molecule has 1 aliphatic carbocycles. The Morgan fingerprint density at radius 2 is 2.02 bits per heavy atom. The summed E-state index contributed by atoms with van der Waals surface area (Å²) < 4.78 is 17.5. The van der Waals surface area contributed by atoms with Crippen LogP contribution in [0.4, 0.5) is 4.79 Å². The minimum atomic E-state index is -1.12. The molecule has 0 bridgehead atoms. The molecule has 250 valence electrons. The van der Waals surface area contributed by atoms with Crippen LogP contribution in [-0.4, -0.2) is 77.3 Å². The smallest absolute Gasteiger partial charge is 0.332 e. The number of carbonyl (C=O) groups is 3. The number of benzene rings is 1. The first-order valence-electron chi connectivity index (χ1n) is 16.5. The Bertz CT molecular complexity index is 1670. The summed E-state index contributed by atoms with van der Waals surface area (Å²) in [5, 5.41) is 9.61. The molecule has 6 rings (SSSR count). The zero-order valence-electron chi connectivity index (χ0n) is 27.4. The van der Waals surface area contributed by atoms with E-state index in [0.717, 1.165) is 41.8 Å². The fourth-order valence-corrected chi connectivity index (χ4v) is 7.29. The Balaban J connectivity index is 1.30. The van der Waals surface area contributed by atoms with Crippen molar-refractivity contribution in [2.24, 2.45) is 5.92 Å². The average Bonchev–Trinajstić information content (AvgIpc) is 3.37. The van der Waals surface area contributed by atoms with Crippen LogP contribution in [0.5, 0.6) is 11.5 Å². The van der Waals surface area contributed by atoms with Crippen LogP contribution in [0.2, 0.25) is 0 Å². The number of urea groups is 1. The molecule has 2 N–H and O–H groups in total. The molecule has 2 fully saturated rings. The van der Waals surface area contributed by atoms with Gasteiger partial charge in [-0.1, -0.05) is 32.4 Å². The van der Waals surface area contributed by atoms with E-state index in [1.54, 1.807) is 14.0 Å². The molecule has 1 aromatic carbocycles. The first-order valence-corrected chi connectivity index (χ1v) is 17.4. The van der Waals surface area contributed by atoms with Crippen molar-refractivity contribution in [3.63, 3.8) is 0 Å². The molecule has 11 nitrogen and oxygen atoms in total. The van der Waals surface area contributed by atoms with Crippen LogP contribution in [0, 0.1) is 5.92 Å². The number of rotatable bonds is 7. The van der Waals surface area contributed by atoms with Crippen LogP contribution in [0.15, 0.2) is 41.8 Å². The van der Waals surface area contributed by atoms with E-state index >= 15 is 0 Å². The lowest BCUT2D eigenvalue weighted by Crippen LogP contribution is -2.54. The van der Waals surface area contributed by atoms with E-state index in [1.807, 2.05) is 35.7 Å². The zero-order chi connectivity index (χ0) is 33.1. The summed E-state index contributed by atoms with van der Waals surface area (Å²) in [6, 6.07) is 6.34. The molecule has 4 heterocycles. The fourth-order valence-electron chi connectivity index (χ4n) is 6.35. The molecule has 1 saturated heterocycles. The van der Waals surface area contributed by atoms with Gasteiger partial charge in [0, 0.05) is 41.8 Å². The monoisotopic (exact) mass is 661 g/mol. The molecule has 47 heavy (non-hydrogen) atoms. The number of hydrogen-bond acceptors (Lipinski definition) is 9. The highest BCUT2D eigenvalue weighted by Gasteiger charge is 2.62. The number of aromatic nitrogens is 2. The summed E-state index contributed by atoms with van der Waals surface area (Å²) in [5.74, 6) is 0.550. The number of ether oxygens (including phenoxy) is 3. The van der Waals surface area contributed by atoms with Crippen molar-refractivity contribution in [3.05, 3.63) is 47.5 Å². The number of carbonyl (C=O) groups excluding carboxylic acids is 3. The van der Waals surface area contributed by atoms with E-state index in [4.69, 9.17) is 24.2 Å². The largest absolute Gasteiger partial charge is 0.497 e. The molecule has 0 spiro atoms. The lowest BCUT2D eigenvalue weighted by atomic mass is 10.1. The second-order valence-electron chi connectivity index (χ2n) is 12.8. The van der Waals surface area contributed by atoms with Crippen LogP contribution < -0.4 is 20.1 Å². The summed E-state index contributed by atoms with van der Waals surface area (Å²) in [6.07, 6.45) is 7.99.